The molecule has 1 aliphatic heterocycles. The highest BCUT2D eigenvalue weighted by atomic mass is 32.2. The summed E-state index contributed by atoms with van der Waals surface area (Å²) in [6, 6.07) is 0.287. The highest BCUT2D eigenvalue weighted by Gasteiger charge is 2.36. The van der Waals surface area contributed by atoms with Gasteiger partial charge in [0, 0.05) is 19.6 Å². The summed E-state index contributed by atoms with van der Waals surface area (Å²) >= 11 is 1.83. The number of carbonyl (C=O) groups excluding carboxylic acids is 1. The van der Waals surface area contributed by atoms with E-state index >= 15 is 0 Å². The van der Waals surface area contributed by atoms with Crippen molar-refractivity contribution in [3.8, 4) is 0 Å². The quantitative estimate of drug-likeness (QED) is 0.812. The van der Waals surface area contributed by atoms with E-state index < -0.39 is 0 Å². The molecule has 16 heavy (non-hydrogen) atoms. The third-order valence-corrected chi connectivity index (χ3v) is 5.07. The standard InChI is InChI=1S/C12H22N2OS/c1-14(10(8-13)9-5-6-9)12(15)11-4-2-3-7-16-11/h9-11H,2-8,13H2,1H3. The van der Waals surface area contributed by atoms with E-state index in [9.17, 15) is 4.79 Å². The summed E-state index contributed by atoms with van der Waals surface area (Å²) in [6.07, 6.45) is 6.01. The summed E-state index contributed by atoms with van der Waals surface area (Å²) in [5, 5.41) is 0.201. The molecule has 2 fully saturated rings. The normalized spacial score (nSPS) is 27.5. The van der Waals surface area contributed by atoms with Crippen LogP contribution in [0.15, 0.2) is 0 Å². The average molecular weight is 242 g/mol. The van der Waals surface area contributed by atoms with E-state index in [0.29, 0.717) is 18.4 Å². The number of carbonyl (C=O) groups is 1. The maximum atomic E-state index is 12.3. The van der Waals surface area contributed by atoms with Crippen LogP contribution in [0.4, 0.5) is 0 Å². The molecule has 1 aliphatic carbocycles. The molecule has 0 aromatic heterocycles. The van der Waals surface area contributed by atoms with Gasteiger partial charge in [0.2, 0.25) is 5.91 Å². The van der Waals surface area contributed by atoms with Crippen molar-refractivity contribution in [1.82, 2.24) is 4.90 Å². The molecule has 0 bridgehead atoms. The van der Waals surface area contributed by atoms with Gasteiger partial charge in [0.25, 0.3) is 0 Å². The molecule has 92 valence electrons. The Bertz CT molecular complexity index is 249. The first-order chi connectivity index (χ1) is 7.74. The number of rotatable bonds is 4. The lowest BCUT2D eigenvalue weighted by Crippen LogP contribution is -2.47. The van der Waals surface area contributed by atoms with E-state index in [4.69, 9.17) is 5.73 Å². The summed E-state index contributed by atoms with van der Waals surface area (Å²) in [5.41, 5.74) is 5.78. The molecule has 1 amide bonds. The Morgan fingerprint density at radius 1 is 1.44 bits per heavy atom. The van der Waals surface area contributed by atoms with Gasteiger partial charge in [0.1, 0.15) is 0 Å². The summed E-state index contributed by atoms with van der Waals surface area (Å²) < 4.78 is 0. The van der Waals surface area contributed by atoms with Gasteiger partial charge >= 0.3 is 0 Å². The van der Waals surface area contributed by atoms with Crippen LogP contribution in [0, 0.1) is 5.92 Å². The van der Waals surface area contributed by atoms with Crippen molar-refractivity contribution >= 4 is 17.7 Å². The zero-order chi connectivity index (χ0) is 11.5. The van der Waals surface area contributed by atoms with Crippen molar-refractivity contribution in [2.45, 2.75) is 43.4 Å². The zero-order valence-electron chi connectivity index (χ0n) is 10.0. The minimum absolute atomic E-state index is 0.201. The van der Waals surface area contributed by atoms with Crippen LogP contribution in [0.2, 0.25) is 0 Å². The van der Waals surface area contributed by atoms with E-state index in [0.717, 1.165) is 12.2 Å². The summed E-state index contributed by atoms with van der Waals surface area (Å²) in [5.74, 6) is 2.13. The second-order valence-electron chi connectivity index (χ2n) is 4.94. The number of likely N-dealkylation sites (N-methyl/N-ethyl adjacent to an activating group) is 1. The lowest BCUT2D eigenvalue weighted by Gasteiger charge is -2.31. The van der Waals surface area contributed by atoms with Gasteiger partial charge in [-0.25, -0.2) is 0 Å². The van der Waals surface area contributed by atoms with Crippen molar-refractivity contribution in [3.63, 3.8) is 0 Å². The molecular weight excluding hydrogens is 220 g/mol. The van der Waals surface area contributed by atoms with E-state index in [2.05, 4.69) is 0 Å². The predicted octanol–water partition coefficient (Wildman–Crippen LogP) is 1.47. The van der Waals surface area contributed by atoms with E-state index in [-0.39, 0.29) is 11.3 Å². The van der Waals surface area contributed by atoms with Crippen molar-refractivity contribution in [3.05, 3.63) is 0 Å². The van der Waals surface area contributed by atoms with Crippen LogP contribution in [0.1, 0.15) is 32.1 Å². The number of hydrogen-bond acceptors (Lipinski definition) is 3. The SMILES string of the molecule is CN(C(=O)C1CCCCS1)C(CN)C1CC1. The molecule has 1 saturated carbocycles. The molecule has 2 N–H and O–H groups in total. The topological polar surface area (TPSA) is 46.3 Å². The van der Waals surface area contributed by atoms with Crippen LogP contribution in [0.5, 0.6) is 0 Å². The highest BCUT2D eigenvalue weighted by Crippen LogP contribution is 2.36. The first-order valence-electron chi connectivity index (χ1n) is 6.32. The smallest absolute Gasteiger partial charge is 0.235 e. The molecule has 1 heterocycles. The Morgan fingerprint density at radius 3 is 2.69 bits per heavy atom. The van der Waals surface area contributed by atoms with E-state index in [1.807, 2.05) is 23.7 Å². The number of amides is 1. The fraction of sp³-hybridized carbons (Fsp3) is 0.917. The summed E-state index contributed by atoms with van der Waals surface area (Å²) in [6.45, 7) is 0.615. The van der Waals surface area contributed by atoms with Gasteiger partial charge in [-0.1, -0.05) is 6.42 Å². The van der Waals surface area contributed by atoms with Gasteiger partial charge in [0.15, 0.2) is 0 Å². The van der Waals surface area contributed by atoms with Crippen LogP contribution < -0.4 is 5.73 Å². The molecule has 1 saturated heterocycles. The zero-order valence-corrected chi connectivity index (χ0v) is 10.8. The summed E-state index contributed by atoms with van der Waals surface area (Å²) in [4.78, 5) is 14.2. The second kappa shape index (κ2) is 5.41. The van der Waals surface area contributed by atoms with Gasteiger partial charge in [-0.3, -0.25) is 4.79 Å². The molecule has 0 radical (unpaired) electrons. The Morgan fingerprint density at radius 2 is 2.19 bits per heavy atom. The van der Waals surface area contributed by atoms with E-state index in [1.54, 1.807) is 0 Å². The number of thioether (sulfide) groups is 1. The van der Waals surface area contributed by atoms with Crippen molar-refractivity contribution in [2.24, 2.45) is 11.7 Å². The third-order valence-electron chi connectivity index (χ3n) is 3.71. The van der Waals surface area contributed by atoms with Gasteiger partial charge in [-0.2, -0.15) is 0 Å². The number of hydrogen-bond donors (Lipinski definition) is 1. The van der Waals surface area contributed by atoms with Crippen LogP contribution in [-0.2, 0) is 4.79 Å². The maximum Gasteiger partial charge on any atom is 0.235 e. The number of nitrogens with two attached hydrogens (primary N) is 1. The van der Waals surface area contributed by atoms with Gasteiger partial charge < -0.3 is 10.6 Å². The molecule has 2 aliphatic rings. The second-order valence-corrected chi connectivity index (χ2v) is 6.26. The Balaban J connectivity index is 1.91. The lowest BCUT2D eigenvalue weighted by atomic mass is 10.1. The summed E-state index contributed by atoms with van der Waals surface area (Å²) in [7, 11) is 1.94. The molecule has 0 spiro atoms. The highest BCUT2D eigenvalue weighted by molar-refractivity contribution is 8.00. The van der Waals surface area contributed by atoms with Gasteiger partial charge in [0.05, 0.1) is 5.25 Å². The van der Waals surface area contributed by atoms with Crippen molar-refractivity contribution in [1.29, 1.82) is 0 Å². The maximum absolute atomic E-state index is 12.3. The van der Waals surface area contributed by atoms with Crippen LogP contribution in [-0.4, -0.2) is 41.4 Å². The van der Waals surface area contributed by atoms with Gasteiger partial charge in [-0.15, -0.1) is 11.8 Å². The molecule has 4 heteroatoms. The fourth-order valence-electron chi connectivity index (χ4n) is 2.47. The molecule has 2 atom stereocenters. The Hall–Kier alpha value is -0.220. The van der Waals surface area contributed by atoms with Crippen LogP contribution in [0.25, 0.3) is 0 Å². The molecule has 2 unspecified atom stereocenters. The van der Waals surface area contributed by atoms with Crippen LogP contribution in [0.3, 0.4) is 0 Å². The van der Waals surface area contributed by atoms with Crippen molar-refractivity contribution < 1.29 is 4.79 Å². The monoisotopic (exact) mass is 242 g/mol. The van der Waals surface area contributed by atoms with Crippen molar-refractivity contribution in [2.75, 3.05) is 19.3 Å². The first-order valence-corrected chi connectivity index (χ1v) is 7.37. The Labute approximate surface area is 102 Å². The van der Waals surface area contributed by atoms with Gasteiger partial charge in [-0.05, 0) is 37.4 Å². The predicted molar refractivity (Wildman–Crippen MR) is 68.4 cm³/mol. The van der Waals surface area contributed by atoms with Crippen LogP contribution >= 0.6 is 11.8 Å². The molecule has 0 aromatic rings. The first kappa shape index (κ1) is 12.2. The average Bonchev–Trinajstić information content (AvgIpc) is 3.14. The minimum Gasteiger partial charge on any atom is -0.340 e. The molecular formula is C12H22N2OS. The molecule has 0 aromatic carbocycles. The molecule has 3 nitrogen and oxygen atoms in total. The minimum atomic E-state index is 0.201. The van der Waals surface area contributed by atoms with E-state index in [1.165, 1.54) is 25.7 Å². The fourth-order valence-corrected chi connectivity index (χ4v) is 3.77. The molecule has 2 rings (SSSR count). The lowest BCUT2D eigenvalue weighted by molar-refractivity contribution is -0.131. The number of nitrogens with zero attached hydrogens (tertiary/aromatic N) is 1. The largest absolute Gasteiger partial charge is 0.340 e. The Kier molecular flexibility index (Phi) is 4.14. The third kappa shape index (κ3) is 2.72.